The number of ether oxygens (including phenoxy) is 3. The van der Waals surface area contributed by atoms with Crippen LogP contribution < -0.4 is 14.2 Å². The Morgan fingerprint density at radius 3 is 1.08 bits per heavy atom. The first kappa shape index (κ1) is 80.3. The second-order valence-corrected chi connectivity index (χ2v) is 23.6. The number of β-amino-alcohol motifs (C(OH)–C–C–N with tert-alkyl or cyclic N) is 1. The van der Waals surface area contributed by atoms with Gasteiger partial charge in [0, 0.05) is 56.0 Å². The minimum atomic E-state index is -4.64. The van der Waals surface area contributed by atoms with Gasteiger partial charge in [0.25, 0.3) is 17.7 Å². The van der Waals surface area contributed by atoms with E-state index >= 15 is 0 Å². The van der Waals surface area contributed by atoms with Gasteiger partial charge in [-0.1, -0.05) is 25.1 Å². The zero-order valence-electron chi connectivity index (χ0n) is 56.7. The molecule has 0 unspecified atom stereocenters. The molecule has 556 valence electrons. The third-order valence-corrected chi connectivity index (χ3v) is 16.3. The van der Waals surface area contributed by atoms with Crippen LogP contribution in [0.25, 0.3) is 33.8 Å². The molecular weight excluding hydrogens is 1390 g/mol. The fourth-order valence-electron chi connectivity index (χ4n) is 10.7. The molecule has 3 amide bonds. The molecule has 1 saturated heterocycles. The molecule has 29 heteroatoms. The maximum atomic E-state index is 13.3. The maximum Gasteiger partial charge on any atom is 0.416 e. The van der Waals surface area contributed by atoms with Crippen LogP contribution in [0.1, 0.15) is 117 Å². The number of nitrogens with zero attached hydrogens (tertiary/aromatic N) is 6. The Balaban J connectivity index is 0.000000199. The van der Waals surface area contributed by atoms with Crippen molar-refractivity contribution in [1.29, 1.82) is 0 Å². The van der Waals surface area contributed by atoms with Gasteiger partial charge < -0.3 is 69.8 Å². The number of pyridine rings is 3. The van der Waals surface area contributed by atoms with Crippen LogP contribution in [-0.2, 0) is 18.5 Å². The van der Waals surface area contributed by atoms with Crippen LogP contribution in [0.15, 0.2) is 182 Å². The van der Waals surface area contributed by atoms with Gasteiger partial charge in [0.05, 0.1) is 100 Å². The zero-order chi connectivity index (χ0) is 76.3. The molecule has 4 heterocycles. The van der Waals surface area contributed by atoms with E-state index in [2.05, 4.69) is 15.0 Å². The molecule has 105 heavy (non-hydrogen) atoms. The highest BCUT2D eigenvalue weighted by Gasteiger charge is 2.37. The van der Waals surface area contributed by atoms with Crippen LogP contribution in [-0.4, -0.2) is 160 Å². The number of aliphatic hydroxyl groups is 8. The Bertz CT molecular complexity index is 3960. The van der Waals surface area contributed by atoms with E-state index < -0.39 is 97.2 Å². The Labute approximate surface area is 597 Å². The summed E-state index contributed by atoms with van der Waals surface area (Å²) in [4.78, 5) is 55.9. The molecule has 0 aliphatic carbocycles. The largest absolute Gasteiger partial charge is 0.457 e. The molecule has 0 bridgehead atoms. The van der Waals surface area contributed by atoms with Gasteiger partial charge in [-0.2, -0.15) is 39.5 Å². The lowest BCUT2D eigenvalue weighted by atomic mass is 10.1. The van der Waals surface area contributed by atoms with Crippen molar-refractivity contribution in [3.63, 3.8) is 0 Å². The van der Waals surface area contributed by atoms with Crippen molar-refractivity contribution in [2.75, 3.05) is 65.7 Å². The molecule has 6 aromatic carbocycles. The lowest BCUT2D eigenvalue weighted by Crippen LogP contribution is -2.33. The van der Waals surface area contributed by atoms with Crippen LogP contribution in [0.4, 0.5) is 39.5 Å². The summed E-state index contributed by atoms with van der Waals surface area (Å²) in [5.41, 5.74) is 1.08. The first-order valence-corrected chi connectivity index (χ1v) is 32.9. The summed E-state index contributed by atoms with van der Waals surface area (Å²) in [6.45, 7) is 4.80. The number of alkyl halides is 9. The van der Waals surface area contributed by atoms with Crippen molar-refractivity contribution in [3.05, 3.63) is 232 Å². The van der Waals surface area contributed by atoms with Crippen LogP contribution in [0.5, 0.6) is 34.5 Å². The topological polar surface area (TPSA) is 289 Å². The summed E-state index contributed by atoms with van der Waals surface area (Å²) in [5, 5.41) is 75.7. The van der Waals surface area contributed by atoms with E-state index in [1.165, 1.54) is 14.7 Å². The molecule has 10 rings (SSSR count). The molecular formula is C76H75F9N6O14. The molecule has 9 aromatic rings. The molecule has 3 aromatic heterocycles. The van der Waals surface area contributed by atoms with Crippen molar-refractivity contribution >= 4 is 17.7 Å². The van der Waals surface area contributed by atoms with E-state index in [9.17, 15) is 79.4 Å². The summed E-state index contributed by atoms with van der Waals surface area (Å²) < 4.78 is 137. The molecule has 1 aliphatic rings. The predicted molar refractivity (Wildman–Crippen MR) is 367 cm³/mol. The maximum absolute atomic E-state index is 13.3. The van der Waals surface area contributed by atoms with Gasteiger partial charge in [0.1, 0.15) is 52.8 Å². The van der Waals surface area contributed by atoms with Gasteiger partial charge in [-0.15, -0.1) is 0 Å². The normalized spacial score (nSPS) is 13.8. The lowest BCUT2D eigenvalue weighted by Gasteiger charge is -2.22. The molecule has 4 atom stereocenters. The number of benzene rings is 6. The van der Waals surface area contributed by atoms with Crippen molar-refractivity contribution in [2.45, 2.75) is 76.6 Å². The molecule has 0 spiro atoms. The number of aliphatic hydroxyl groups excluding tert-OH is 8. The Morgan fingerprint density at radius 2 is 0.790 bits per heavy atom. The van der Waals surface area contributed by atoms with Crippen molar-refractivity contribution in [1.82, 2.24) is 29.7 Å². The van der Waals surface area contributed by atoms with Crippen molar-refractivity contribution in [2.24, 2.45) is 0 Å². The monoisotopic (exact) mass is 1470 g/mol. The molecule has 1 fully saturated rings. The number of halogens is 9. The summed E-state index contributed by atoms with van der Waals surface area (Å²) in [7, 11) is 0. The Hall–Kier alpha value is -10.4. The Morgan fingerprint density at radius 1 is 0.467 bits per heavy atom. The molecule has 0 radical (unpaired) electrons. The van der Waals surface area contributed by atoms with Gasteiger partial charge in [-0.25, -0.2) is 15.0 Å². The minimum absolute atomic E-state index is 0.0245. The van der Waals surface area contributed by atoms with Crippen LogP contribution in [0, 0.1) is 0 Å². The smallest absolute Gasteiger partial charge is 0.416 e. The van der Waals surface area contributed by atoms with E-state index in [1.807, 2.05) is 6.92 Å². The fraction of sp³-hybridized carbons (Fsp3) is 0.289. The third kappa shape index (κ3) is 21.4. The fourth-order valence-corrected chi connectivity index (χ4v) is 10.7. The summed E-state index contributed by atoms with van der Waals surface area (Å²) in [6, 6.07) is 42.9. The predicted octanol–water partition coefficient (Wildman–Crippen LogP) is 13.3. The number of hydrogen-bond donors (Lipinski definition) is 8. The highest BCUT2D eigenvalue weighted by Crippen LogP contribution is 2.40. The van der Waals surface area contributed by atoms with E-state index in [-0.39, 0.29) is 78.2 Å². The second-order valence-electron chi connectivity index (χ2n) is 23.6. The van der Waals surface area contributed by atoms with Crippen LogP contribution >= 0.6 is 0 Å². The van der Waals surface area contributed by atoms with E-state index in [4.69, 9.17) is 29.5 Å². The summed E-state index contributed by atoms with van der Waals surface area (Å²) >= 11 is 0. The lowest BCUT2D eigenvalue weighted by molar-refractivity contribution is -0.138. The van der Waals surface area contributed by atoms with Gasteiger partial charge >= 0.3 is 18.5 Å². The first-order valence-electron chi connectivity index (χ1n) is 32.9. The third-order valence-electron chi connectivity index (χ3n) is 16.3. The molecule has 20 nitrogen and oxygen atoms in total. The van der Waals surface area contributed by atoms with Gasteiger partial charge in [0.15, 0.2) is 0 Å². The standard InChI is InChI=1S/C26H27F3N2O4.C25H23F3N2O5.C25H25F3N2O5/c1-3-14-31(4-2)25(34)20-15-18(26(27,28)29)10-13-24(20)35-19-11-8-17(9-12-19)21-6-5-7-22(30-21)23(33)16-32;26-25(27,28)16-6-9-23(19(12-16)24(34)30-11-10-17(32)13-30)35-18-7-4-15(5-8-18)20-2-1-3-21(29-20)22(33)14-31;1-2-30(12-13-31)24(34)19-14-17(25(26,27)28)8-11-23(19)35-18-9-6-16(7-10-18)20-4-3-5-21(29-20)22(33)15-32/h5-13,15,23,32-33H,3-4,14,16H2,1-2H3;1-9,12,17,22,31-33H,10-11,13-14H2;3-11,14,22,31-33H,2,12-13,15H2,1H3/t23-;17-,22+;22-/m101/s1. The number of amides is 3. The highest BCUT2D eigenvalue weighted by atomic mass is 19.4. The average molecular weight is 1470 g/mol. The molecule has 1 aliphatic heterocycles. The highest BCUT2D eigenvalue weighted by molar-refractivity contribution is 5.99. The number of aromatic nitrogens is 3. The Kier molecular flexibility index (Phi) is 27.8. The second kappa shape index (κ2) is 36.4. The quantitative estimate of drug-likeness (QED) is 0.0261. The average Bonchev–Trinajstić information content (AvgIpc) is 1.76. The van der Waals surface area contributed by atoms with Crippen molar-refractivity contribution in [3.8, 4) is 68.3 Å². The van der Waals surface area contributed by atoms with Gasteiger partial charge in [-0.05, 0) is 190 Å². The van der Waals surface area contributed by atoms with Gasteiger partial charge in [-0.3, -0.25) is 14.4 Å². The number of carbonyl (C=O) groups is 3. The van der Waals surface area contributed by atoms with E-state index in [0.717, 1.165) is 54.6 Å². The zero-order valence-corrected chi connectivity index (χ0v) is 56.7. The SMILES string of the molecule is CCCN(CC)C(=O)c1cc(C(F)(F)F)ccc1Oc1ccc(-c2cccc([C@H](O)CO)n2)cc1.CCN(CCO)C(=O)c1cc(C(F)(F)F)ccc1Oc1ccc(-c2cccc([C@H](O)CO)n2)cc1.O=C(c1cc(C(F)(F)F)ccc1Oc1ccc(-c2cccc([C@H](O)CO)n2)cc1)N1CC[C@H](O)C1. The number of likely N-dealkylation sites (N-methyl/N-ethyl adjacent to an activating group) is 1. The number of rotatable bonds is 24. The summed E-state index contributed by atoms with van der Waals surface area (Å²) in [6.07, 6.45) is -16.9. The van der Waals surface area contributed by atoms with Crippen LogP contribution in [0.2, 0.25) is 0 Å². The van der Waals surface area contributed by atoms with E-state index in [0.29, 0.717) is 82.5 Å². The van der Waals surface area contributed by atoms with Gasteiger partial charge in [0.2, 0.25) is 0 Å². The summed E-state index contributed by atoms with van der Waals surface area (Å²) in [5.74, 6) is -1.05. The van der Waals surface area contributed by atoms with Crippen molar-refractivity contribution < 1.29 is 109 Å². The number of hydrogen-bond acceptors (Lipinski definition) is 17. The minimum Gasteiger partial charge on any atom is -0.457 e. The van der Waals surface area contributed by atoms with Crippen LogP contribution in [0.3, 0.4) is 0 Å². The first-order chi connectivity index (χ1) is 50.0. The number of likely N-dealkylation sites (tertiary alicyclic amines) is 1. The number of carbonyl (C=O) groups excluding carboxylic acids is 3. The van der Waals surface area contributed by atoms with E-state index in [1.54, 1.807) is 141 Å². The molecule has 0 saturated carbocycles. The molecule has 8 N–H and O–H groups in total.